The maximum absolute atomic E-state index is 13.3. The Morgan fingerprint density at radius 2 is 1.83 bits per heavy atom. The van der Waals surface area contributed by atoms with E-state index in [1.54, 1.807) is 6.20 Å². The number of aromatic nitrogens is 2. The molecule has 29 heavy (non-hydrogen) atoms. The van der Waals surface area contributed by atoms with Crippen LogP contribution in [-0.4, -0.2) is 77.1 Å². The van der Waals surface area contributed by atoms with Gasteiger partial charge >= 0.3 is 0 Å². The molecule has 3 heterocycles. The Morgan fingerprint density at radius 1 is 1.10 bits per heavy atom. The molecule has 0 saturated carbocycles. The van der Waals surface area contributed by atoms with E-state index < -0.39 is 0 Å². The second kappa shape index (κ2) is 8.55. The van der Waals surface area contributed by atoms with Gasteiger partial charge in [-0.25, -0.2) is 4.98 Å². The van der Waals surface area contributed by atoms with Gasteiger partial charge in [0.1, 0.15) is 11.9 Å². The smallest absolute Gasteiger partial charge is 0.254 e. The van der Waals surface area contributed by atoms with Crippen LogP contribution >= 0.6 is 0 Å². The van der Waals surface area contributed by atoms with Crippen molar-refractivity contribution in [2.75, 3.05) is 50.7 Å². The molecule has 4 rings (SSSR count). The van der Waals surface area contributed by atoms with E-state index in [1.165, 1.54) is 5.69 Å². The van der Waals surface area contributed by atoms with E-state index in [9.17, 15) is 4.79 Å². The summed E-state index contributed by atoms with van der Waals surface area (Å²) >= 11 is 0. The number of nitrogens with one attached hydrogen (secondary N) is 1. The summed E-state index contributed by atoms with van der Waals surface area (Å²) in [5.74, 6) is 1.00. The van der Waals surface area contributed by atoms with Gasteiger partial charge in [-0.05, 0) is 38.1 Å². The Labute approximate surface area is 173 Å². The maximum atomic E-state index is 13.3. The molecule has 7 heteroatoms. The number of amides is 1. The third-order valence-electron chi connectivity index (χ3n) is 6.18. The molecular formula is C22H32N6O. The van der Waals surface area contributed by atoms with Gasteiger partial charge in [-0.1, -0.05) is 0 Å². The summed E-state index contributed by atoms with van der Waals surface area (Å²) in [6.07, 6.45) is 3.72. The van der Waals surface area contributed by atoms with Crippen molar-refractivity contribution in [2.24, 2.45) is 7.05 Å². The molecule has 2 aliphatic heterocycles. The zero-order valence-electron chi connectivity index (χ0n) is 17.7. The number of hydrogen-bond donors (Lipinski definition) is 1. The summed E-state index contributed by atoms with van der Waals surface area (Å²) in [7, 11) is 1.98. The van der Waals surface area contributed by atoms with Crippen molar-refractivity contribution in [1.29, 1.82) is 0 Å². The van der Waals surface area contributed by atoms with E-state index in [4.69, 9.17) is 0 Å². The number of anilines is 1. The normalized spacial score (nSPS) is 21.0. The van der Waals surface area contributed by atoms with Gasteiger partial charge in [0.2, 0.25) is 0 Å². The van der Waals surface area contributed by atoms with Crippen LogP contribution in [0.1, 0.15) is 36.1 Å². The molecule has 0 spiro atoms. The van der Waals surface area contributed by atoms with Gasteiger partial charge < -0.3 is 19.7 Å². The minimum Gasteiger partial charge on any atom is -0.369 e. The summed E-state index contributed by atoms with van der Waals surface area (Å²) < 4.78 is 2.00. The number of rotatable bonds is 4. The van der Waals surface area contributed by atoms with Crippen molar-refractivity contribution in [3.05, 3.63) is 48.0 Å². The van der Waals surface area contributed by atoms with Crippen LogP contribution in [0, 0.1) is 0 Å². The third-order valence-corrected chi connectivity index (χ3v) is 6.18. The highest BCUT2D eigenvalue weighted by atomic mass is 16.2. The van der Waals surface area contributed by atoms with Crippen LogP contribution in [0.25, 0.3) is 0 Å². The highest BCUT2D eigenvalue weighted by Gasteiger charge is 2.31. The van der Waals surface area contributed by atoms with Gasteiger partial charge in [-0.3, -0.25) is 9.69 Å². The first-order valence-corrected chi connectivity index (χ1v) is 10.6. The summed E-state index contributed by atoms with van der Waals surface area (Å²) in [5, 5.41) is 3.39. The average Bonchev–Trinajstić information content (AvgIpc) is 3.19. The first kappa shape index (κ1) is 19.9. The van der Waals surface area contributed by atoms with Crippen LogP contribution < -0.4 is 10.2 Å². The third kappa shape index (κ3) is 4.16. The van der Waals surface area contributed by atoms with E-state index in [1.807, 2.05) is 34.8 Å². The van der Waals surface area contributed by atoms with Gasteiger partial charge in [-0.15, -0.1) is 0 Å². The van der Waals surface area contributed by atoms with E-state index in [0.29, 0.717) is 12.6 Å². The van der Waals surface area contributed by atoms with Crippen molar-refractivity contribution in [3.63, 3.8) is 0 Å². The van der Waals surface area contributed by atoms with Gasteiger partial charge in [0.05, 0.1) is 0 Å². The number of piperazine rings is 2. The van der Waals surface area contributed by atoms with Gasteiger partial charge in [-0.2, -0.15) is 0 Å². The quantitative estimate of drug-likeness (QED) is 0.853. The Hall–Kier alpha value is -2.38. The summed E-state index contributed by atoms with van der Waals surface area (Å²) in [6, 6.07) is 8.70. The lowest BCUT2D eigenvalue weighted by atomic mass is 10.1. The number of nitrogens with zero attached hydrogens (tertiary/aromatic N) is 5. The molecular weight excluding hydrogens is 364 g/mol. The number of aryl methyl sites for hydroxylation is 1. The predicted octanol–water partition coefficient (Wildman–Crippen LogP) is 1.74. The van der Waals surface area contributed by atoms with Crippen LogP contribution in [0.5, 0.6) is 0 Å². The van der Waals surface area contributed by atoms with Crippen LogP contribution in [0.15, 0.2) is 36.7 Å². The highest BCUT2D eigenvalue weighted by Crippen LogP contribution is 2.24. The minimum absolute atomic E-state index is 0.0416. The zero-order chi connectivity index (χ0) is 20.4. The summed E-state index contributed by atoms with van der Waals surface area (Å²) in [6.45, 7) is 11.0. The highest BCUT2D eigenvalue weighted by molar-refractivity contribution is 5.95. The van der Waals surface area contributed by atoms with Gasteiger partial charge in [0, 0.05) is 82.5 Å². The molecule has 2 fully saturated rings. The standard InChI is InChI=1S/C22H32N6O/c1-17(2)26-12-14-27(15-13-26)19-6-4-18(5-7-19)22(29)28-11-8-23-16-20(28)21-24-9-10-25(21)3/h4-7,9-10,17,20,23H,8,11-16H2,1-3H3. The first-order valence-electron chi connectivity index (χ1n) is 10.6. The topological polar surface area (TPSA) is 56.6 Å². The zero-order valence-corrected chi connectivity index (χ0v) is 17.7. The van der Waals surface area contributed by atoms with E-state index in [-0.39, 0.29) is 11.9 Å². The molecule has 1 aromatic carbocycles. The molecule has 2 saturated heterocycles. The van der Waals surface area contributed by atoms with Crippen molar-refractivity contribution in [2.45, 2.75) is 25.9 Å². The van der Waals surface area contributed by atoms with E-state index in [2.05, 4.69) is 46.1 Å². The Balaban J connectivity index is 1.45. The molecule has 2 aromatic rings. The largest absolute Gasteiger partial charge is 0.369 e. The van der Waals surface area contributed by atoms with Crippen molar-refractivity contribution < 1.29 is 4.79 Å². The second-order valence-corrected chi connectivity index (χ2v) is 8.28. The summed E-state index contributed by atoms with van der Waals surface area (Å²) in [4.78, 5) is 24.6. The van der Waals surface area contributed by atoms with Crippen molar-refractivity contribution >= 4 is 11.6 Å². The number of carbonyl (C=O) groups is 1. The molecule has 1 aromatic heterocycles. The molecule has 1 atom stereocenters. The lowest BCUT2D eigenvalue weighted by Gasteiger charge is -2.38. The molecule has 1 amide bonds. The molecule has 0 aliphatic carbocycles. The van der Waals surface area contributed by atoms with Crippen LogP contribution in [0.3, 0.4) is 0 Å². The van der Waals surface area contributed by atoms with E-state index in [0.717, 1.165) is 50.7 Å². The molecule has 7 nitrogen and oxygen atoms in total. The number of hydrogen-bond acceptors (Lipinski definition) is 5. The monoisotopic (exact) mass is 396 g/mol. The number of benzene rings is 1. The van der Waals surface area contributed by atoms with Crippen LogP contribution in [0.4, 0.5) is 5.69 Å². The molecule has 2 aliphatic rings. The van der Waals surface area contributed by atoms with Gasteiger partial charge in [0.25, 0.3) is 5.91 Å². The fraction of sp³-hybridized carbons (Fsp3) is 0.545. The van der Waals surface area contributed by atoms with Crippen molar-refractivity contribution in [1.82, 2.24) is 24.7 Å². The molecule has 1 unspecified atom stereocenters. The minimum atomic E-state index is -0.0416. The Kier molecular flexibility index (Phi) is 5.87. The lowest BCUT2D eigenvalue weighted by Crippen LogP contribution is -2.49. The molecule has 1 N–H and O–H groups in total. The first-order chi connectivity index (χ1) is 14.0. The fourth-order valence-electron chi connectivity index (χ4n) is 4.35. The summed E-state index contributed by atoms with van der Waals surface area (Å²) in [5.41, 5.74) is 1.95. The predicted molar refractivity (Wildman–Crippen MR) is 115 cm³/mol. The number of imidazole rings is 1. The Morgan fingerprint density at radius 3 is 2.45 bits per heavy atom. The number of carbonyl (C=O) groups excluding carboxylic acids is 1. The van der Waals surface area contributed by atoms with Crippen LogP contribution in [0.2, 0.25) is 0 Å². The van der Waals surface area contributed by atoms with E-state index >= 15 is 0 Å². The molecule has 0 radical (unpaired) electrons. The molecule has 156 valence electrons. The fourth-order valence-corrected chi connectivity index (χ4v) is 4.35. The van der Waals surface area contributed by atoms with Gasteiger partial charge in [0.15, 0.2) is 0 Å². The maximum Gasteiger partial charge on any atom is 0.254 e. The average molecular weight is 397 g/mol. The van der Waals surface area contributed by atoms with Crippen molar-refractivity contribution in [3.8, 4) is 0 Å². The molecule has 0 bridgehead atoms. The SMILES string of the molecule is CC(C)N1CCN(c2ccc(C(=O)N3CCNCC3c3nccn3C)cc2)CC1. The Bertz CT molecular complexity index is 822. The lowest BCUT2D eigenvalue weighted by molar-refractivity contribution is 0.0621. The second-order valence-electron chi connectivity index (χ2n) is 8.28. The van der Waals surface area contributed by atoms with Crippen LogP contribution in [-0.2, 0) is 7.05 Å².